The second-order valence-corrected chi connectivity index (χ2v) is 12.9. The van der Waals surface area contributed by atoms with Gasteiger partial charge in [-0.05, 0) is 37.3 Å². The van der Waals surface area contributed by atoms with E-state index in [-0.39, 0.29) is 60.2 Å². The number of hydrogen-bond donors (Lipinski definition) is 3. The maximum atomic E-state index is 13.9. The average molecular weight is 649 g/mol. The van der Waals surface area contributed by atoms with Gasteiger partial charge >= 0.3 is 5.97 Å². The Bertz CT molecular complexity index is 1090. The van der Waals surface area contributed by atoms with Crippen LogP contribution in [0.2, 0.25) is 0 Å². The molecule has 3 N–H and O–H groups in total. The summed E-state index contributed by atoms with van der Waals surface area (Å²) in [4.78, 5) is 42.1. The standard InChI is InChI=1S/C34H56N4O6S/c1-10-22(4)30(37-32(40)29(35-6)21(2)3)27(42-7)20-28(39)38-18-14-17-26(38)31(43-8)23(5)33(45)36-25(34(41)44-9)19-24-15-12-11-13-16-24/h11-13,15-16,21-23,25-27,29-31,35H,10,14,17-20H2,1-9H3,(H,36,45)(H,37,40)/t22-,23+,25-,26-,27+,29-,30-,31+/m0/s1. The predicted molar refractivity (Wildman–Crippen MR) is 181 cm³/mol. The van der Waals surface area contributed by atoms with Gasteiger partial charge in [0.2, 0.25) is 11.8 Å². The second-order valence-electron chi connectivity index (χ2n) is 12.5. The normalized spacial score (nSPS) is 19.6. The molecule has 0 saturated carbocycles. The molecule has 8 atom stereocenters. The first-order chi connectivity index (χ1) is 21.4. The zero-order valence-corrected chi connectivity index (χ0v) is 29.4. The van der Waals surface area contributed by atoms with Crippen molar-refractivity contribution in [1.29, 1.82) is 0 Å². The number of hydrogen-bond acceptors (Lipinski definition) is 8. The van der Waals surface area contributed by atoms with Crippen LogP contribution in [0.4, 0.5) is 0 Å². The molecular weight excluding hydrogens is 592 g/mol. The molecule has 0 spiro atoms. The summed E-state index contributed by atoms with van der Waals surface area (Å²) in [7, 11) is 6.37. The van der Waals surface area contributed by atoms with Crippen LogP contribution in [0.5, 0.6) is 0 Å². The Labute approximate surface area is 275 Å². The third-order valence-electron chi connectivity index (χ3n) is 9.17. The monoisotopic (exact) mass is 648 g/mol. The highest BCUT2D eigenvalue weighted by Gasteiger charge is 2.41. The number of methoxy groups -OCH3 is 3. The van der Waals surface area contributed by atoms with Crippen molar-refractivity contribution in [2.45, 2.75) is 103 Å². The minimum Gasteiger partial charge on any atom is -0.467 e. The fourth-order valence-electron chi connectivity index (χ4n) is 6.30. The number of rotatable bonds is 18. The van der Waals surface area contributed by atoms with Crippen LogP contribution >= 0.6 is 12.2 Å². The summed E-state index contributed by atoms with van der Waals surface area (Å²) in [5.74, 6) is -0.632. The predicted octanol–water partition coefficient (Wildman–Crippen LogP) is 3.51. The van der Waals surface area contributed by atoms with Gasteiger partial charge in [-0.1, -0.05) is 83.6 Å². The molecule has 0 aliphatic carbocycles. The molecule has 1 aliphatic heterocycles. The van der Waals surface area contributed by atoms with Crippen LogP contribution in [0.3, 0.4) is 0 Å². The Kier molecular flexibility index (Phi) is 16.4. The number of likely N-dealkylation sites (tertiary alicyclic amines) is 1. The molecular formula is C34H56N4O6S. The first-order valence-electron chi connectivity index (χ1n) is 16.2. The van der Waals surface area contributed by atoms with Gasteiger partial charge in [-0.3, -0.25) is 9.59 Å². The summed E-state index contributed by atoms with van der Waals surface area (Å²) in [6.07, 6.45) is 2.09. The van der Waals surface area contributed by atoms with E-state index >= 15 is 0 Å². The van der Waals surface area contributed by atoms with Crippen LogP contribution in [0.25, 0.3) is 0 Å². The molecule has 254 valence electrons. The average Bonchev–Trinajstić information content (AvgIpc) is 3.52. The molecule has 11 heteroatoms. The Morgan fingerprint density at radius 1 is 1.02 bits per heavy atom. The lowest BCUT2D eigenvalue weighted by atomic mass is 9.90. The van der Waals surface area contributed by atoms with Crippen LogP contribution in [0.15, 0.2) is 30.3 Å². The van der Waals surface area contributed by atoms with Gasteiger partial charge in [0.15, 0.2) is 0 Å². The van der Waals surface area contributed by atoms with E-state index in [4.69, 9.17) is 26.4 Å². The number of likely N-dealkylation sites (N-methyl/N-ethyl adjacent to an activating group) is 1. The lowest BCUT2D eigenvalue weighted by Gasteiger charge is -2.37. The Morgan fingerprint density at radius 3 is 2.22 bits per heavy atom. The van der Waals surface area contributed by atoms with Crippen LogP contribution in [-0.2, 0) is 35.0 Å². The van der Waals surface area contributed by atoms with Gasteiger partial charge in [-0.15, -0.1) is 0 Å². The van der Waals surface area contributed by atoms with Crippen LogP contribution in [0, 0.1) is 17.8 Å². The molecule has 1 aromatic rings. The number of benzene rings is 1. The molecule has 0 aromatic heterocycles. The first-order valence-corrected chi connectivity index (χ1v) is 16.6. The molecule has 1 heterocycles. The van der Waals surface area contributed by atoms with Crippen LogP contribution in [0.1, 0.15) is 65.9 Å². The number of esters is 1. The highest BCUT2D eigenvalue weighted by Crippen LogP contribution is 2.29. The van der Waals surface area contributed by atoms with Crippen molar-refractivity contribution in [2.75, 3.05) is 34.9 Å². The molecule has 0 bridgehead atoms. The number of thiocarbonyl (C=S) groups is 1. The number of nitrogens with one attached hydrogen (secondary N) is 3. The van der Waals surface area contributed by atoms with Crippen molar-refractivity contribution in [3.8, 4) is 0 Å². The fourth-order valence-corrected chi connectivity index (χ4v) is 6.58. The van der Waals surface area contributed by atoms with E-state index < -0.39 is 18.1 Å². The zero-order valence-electron chi connectivity index (χ0n) is 28.6. The number of ether oxygens (including phenoxy) is 3. The largest absolute Gasteiger partial charge is 0.467 e. The Morgan fingerprint density at radius 2 is 1.69 bits per heavy atom. The summed E-state index contributed by atoms with van der Waals surface area (Å²) in [5.41, 5.74) is 0.983. The highest BCUT2D eigenvalue weighted by atomic mass is 32.1. The van der Waals surface area contributed by atoms with Gasteiger partial charge < -0.3 is 35.1 Å². The van der Waals surface area contributed by atoms with Crippen molar-refractivity contribution in [1.82, 2.24) is 20.9 Å². The lowest BCUT2D eigenvalue weighted by molar-refractivity contribution is -0.142. The molecule has 0 radical (unpaired) electrons. The molecule has 10 nitrogen and oxygen atoms in total. The van der Waals surface area contributed by atoms with E-state index in [0.717, 1.165) is 24.8 Å². The number of nitrogens with zero attached hydrogens (tertiary/aromatic N) is 1. The van der Waals surface area contributed by atoms with Crippen molar-refractivity contribution in [3.05, 3.63) is 35.9 Å². The Balaban J connectivity index is 2.19. The van der Waals surface area contributed by atoms with E-state index in [1.807, 2.05) is 56.0 Å². The second kappa shape index (κ2) is 19.2. The number of carbonyl (C=O) groups is 3. The van der Waals surface area contributed by atoms with Gasteiger partial charge in [0, 0.05) is 33.1 Å². The molecule has 1 aromatic carbocycles. The minimum absolute atomic E-state index is 0.0504. The molecule has 45 heavy (non-hydrogen) atoms. The van der Waals surface area contributed by atoms with Crippen molar-refractivity contribution in [3.63, 3.8) is 0 Å². The SMILES string of the molecule is CC[C@H](C)[C@H](NC(=O)[C@@H](NC)C(C)C)[C@@H](CC(=O)N1CCC[C@H]1[C@H](OC)[C@@H](C)C(=S)N[C@@H](Cc1ccccc1)C(=O)OC)OC. The number of amides is 2. The molecule has 2 amide bonds. The van der Waals surface area contributed by atoms with Gasteiger partial charge in [0.05, 0.1) is 48.9 Å². The highest BCUT2D eigenvalue weighted by molar-refractivity contribution is 7.80. The van der Waals surface area contributed by atoms with Gasteiger partial charge in [0.1, 0.15) is 6.04 Å². The lowest BCUT2D eigenvalue weighted by Crippen LogP contribution is -2.56. The summed E-state index contributed by atoms with van der Waals surface area (Å²) in [5, 5.41) is 9.51. The van der Waals surface area contributed by atoms with E-state index in [1.54, 1.807) is 21.3 Å². The van der Waals surface area contributed by atoms with E-state index in [1.165, 1.54) is 7.11 Å². The van der Waals surface area contributed by atoms with E-state index in [0.29, 0.717) is 18.0 Å². The molecule has 0 unspecified atom stereocenters. The zero-order chi connectivity index (χ0) is 33.7. The molecule has 1 saturated heterocycles. The summed E-state index contributed by atoms with van der Waals surface area (Å²) >= 11 is 5.81. The van der Waals surface area contributed by atoms with E-state index in [2.05, 4.69) is 29.8 Å². The van der Waals surface area contributed by atoms with Crippen molar-refractivity contribution < 1.29 is 28.6 Å². The summed E-state index contributed by atoms with van der Waals surface area (Å²) in [6, 6.07) is 8.16. The molecule has 2 rings (SSSR count). The van der Waals surface area contributed by atoms with E-state index in [9.17, 15) is 14.4 Å². The topological polar surface area (TPSA) is 118 Å². The van der Waals surface area contributed by atoms with Crippen molar-refractivity contribution in [2.24, 2.45) is 17.8 Å². The molecule has 1 aliphatic rings. The molecule has 1 fully saturated rings. The van der Waals surface area contributed by atoms with Crippen molar-refractivity contribution >= 4 is 35.0 Å². The fraction of sp³-hybridized carbons (Fsp3) is 0.706. The van der Waals surface area contributed by atoms with Crippen LogP contribution < -0.4 is 16.0 Å². The van der Waals surface area contributed by atoms with Gasteiger partial charge in [-0.25, -0.2) is 4.79 Å². The van der Waals surface area contributed by atoms with Gasteiger partial charge in [-0.2, -0.15) is 0 Å². The third-order valence-corrected chi connectivity index (χ3v) is 9.66. The number of carbonyl (C=O) groups excluding carboxylic acids is 3. The third kappa shape index (κ3) is 10.7. The van der Waals surface area contributed by atoms with Crippen LogP contribution in [-0.4, -0.2) is 99.0 Å². The maximum absolute atomic E-state index is 13.9. The maximum Gasteiger partial charge on any atom is 0.328 e. The Hall–Kier alpha value is -2.60. The summed E-state index contributed by atoms with van der Waals surface area (Å²) < 4.78 is 16.9. The first kappa shape index (κ1) is 38.6. The quantitative estimate of drug-likeness (QED) is 0.162. The smallest absolute Gasteiger partial charge is 0.328 e. The minimum atomic E-state index is -0.653. The van der Waals surface area contributed by atoms with Gasteiger partial charge in [0.25, 0.3) is 0 Å². The summed E-state index contributed by atoms with van der Waals surface area (Å²) in [6.45, 7) is 10.7.